The minimum Gasteiger partial charge on any atom is -0.358 e. The maximum absolute atomic E-state index is 12.3. The molecule has 0 atom stereocenters. The van der Waals surface area contributed by atoms with E-state index in [0.717, 1.165) is 26.1 Å². The lowest BCUT2D eigenvalue weighted by atomic mass is 10.4. The first-order valence-electron chi connectivity index (χ1n) is 7.17. The van der Waals surface area contributed by atoms with Gasteiger partial charge in [0.05, 0.1) is 13.3 Å². The lowest BCUT2D eigenvalue weighted by Crippen LogP contribution is -2.40. The van der Waals surface area contributed by atoms with E-state index in [9.17, 15) is 4.79 Å². The summed E-state index contributed by atoms with van der Waals surface area (Å²) >= 11 is 0. The van der Waals surface area contributed by atoms with Gasteiger partial charge in [-0.15, -0.1) is 12.4 Å². The Hall–Kier alpha value is -1.40. The van der Waals surface area contributed by atoms with Crippen molar-refractivity contribution in [2.75, 3.05) is 47.1 Å². The maximum atomic E-state index is 12.3. The number of hydrogen-bond donors (Lipinski definition) is 0. The zero-order chi connectivity index (χ0) is 14.5. The van der Waals surface area contributed by atoms with Crippen molar-refractivity contribution in [2.24, 2.45) is 0 Å². The summed E-state index contributed by atoms with van der Waals surface area (Å²) in [7, 11) is 4.16. The number of halogens is 1. The highest BCUT2D eigenvalue weighted by Gasteiger charge is 2.25. The highest BCUT2D eigenvalue weighted by Crippen LogP contribution is 2.14. The Morgan fingerprint density at radius 1 is 1.05 bits per heavy atom. The predicted octanol–water partition coefficient (Wildman–Crippen LogP) is 1.59. The molecule has 0 bridgehead atoms. The van der Waals surface area contributed by atoms with Crippen LogP contribution >= 0.6 is 12.4 Å². The molecular formula is C14H26ClN5O. The predicted molar refractivity (Wildman–Crippen MR) is 86.6 cm³/mol. The molecule has 0 fully saturated rings. The molecule has 0 unspecified atom stereocenters. The van der Waals surface area contributed by atoms with Gasteiger partial charge in [-0.25, -0.2) is 4.79 Å². The zero-order valence-corrected chi connectivity index (χ0v) is 13.9. The molecule has 0 aromatic heterocycles. The first-order valence-corrected chi connectivity index (χ1v) is 7.17. The lowest BCUT2D eigenvalue weighted by molar-refractivity contribution is 0.166. The molecule has 120 valence electrons. The van der Waals surface area contributed by atoms with Crippen LogP contribution in [0.2, 0.25) is 0 Å². The number of nitrogens with zero attached hydrogens (tertiary/aromatic N) is 5. The normalized spacial score (nSPS) is 17.1. The third-order valence-corrected chi connectivity index (χ3v) is 3.53. The van der Waals surface area contributed by atoms with Crippen LogP contribution in [0.4, 0.5) is 4.79 Å². The average molecular weight is 316 g/mol. The van der Waals surface area contributed by atoms with Crippen LogP contribution in [0.25, 0.3) is 0 Å². The lowest BCUT2D eigenvalue weighted by Gasteiger charge is -2.25. The van der Waals surface area contributed by atoms with Gasteiger partial charge in [0, 0.05) is 37.9 Å². The van der Waals surface area contributed by atoms with Gasteiger partial charge in [0.2, 0.25) is 0 Å². The average Bonchev–Trinajstić information content (AvgIpc) is 3.06. The second-order valence-corrected chi connectivity index (χ2v) is 5.48. The molecular weight excluding hydrogens is 290 g/mol. The van der Waals surface area contributed by atoms with E-state index in [0.29, 0.717) is 13.3 Å². The summed E-state index contributed by atoms with van der Waals surface area (Å²) in [4.78, 5) is 22.3. The molecule has 0 spiro atoms. The molecule has 0 N–H and O–H groups in total. The molecule has 2 aliphatic rings. The van der Waals surface area contributed by atoms with E-state index < -0.39 is 0 Å². The van der Waals surface area contributed by atoms with Gasteiger partial charge in [0.15, 0.2) is 0 Å². The molecule has 0 saturated carbocycles. The van der Waals surface area contributed by atoms with Gasteiger partial charge in [-0.3, -0.25) is 9.80 Å². The zero-order valence-electron chi connectivity index (χ0n) is 13.1. The number of amides is 2. The van der Waals surface area contributed by atoms with E-state index in [4.69, 9.17) is 0 Å². The van der Waals surface area contributed by atoms with Crippen LogP contribution in [-0.2, 0) is 0 Å². The van der Waals surface area contributed by atoms with Crippen molar-refractivity contribution in [1.82, 2.24) is 24.5 Å². The van der Waals surface area contributed by atoms with E-state index >= 15 is 0 Å². The van der Waals surface area contributed by atoms with E-state index in [1.165, 1.54) is 0 Å². The Morgan fingerprint density at radius 2 is 1.62 bits per heavy atom. The molecule has 0 aromatic rings. The van der Waals surface area contributed by atoms with Gasteiger partial charge in [0.1, 0.15) is 0 Å². The molecule has 0 aliphatic carbocycles. The van der Waals surface area contributed by atoms with Gasteiger partial charge in [-0.05, 0) is 34.0 Å². The minimum atomic E-state index is 0. The van der Waals surface area contributed by atoms with E-state index in [-0.39, 0.29) is 18.4 Å². The van der Waals surface area contributed by atoms with Crippen LogP contribution in [-0.4, -0.2) is 77.6 Å². The second-order valence-electron chi connectivity index (χ2n) is 5.48. The number of carbonyl (C=O) groups is 1. The maximum Gasteiger partial charge on any atom is 0.331 e. The molecule has 2 heterocycles. The smallest absolute Gasteiger partial charge is 0.331 e. The van der Waals surface area contributed by atoms with Crippen LogP contribution in [0.1, 0.15) is 13.3 Å². The number of hydrogen-bond acceptors (Lipinski definition) is 4. The fourth-order valence-corrected chi connectivity index (χ4v) is 2.28. The molecule has 0 aromatic carbocycles. The molecule has 2 amide bonds. The fourth-order valence-electron chi connectivity index (χ4n) is 2.28. The summed E-state index contributed by atoms with van der Waals surface area (Å²) in [5.74, 6) is 0. The Morgan fingerprint density at radius 3 is 2.14 bits per heavy atom. The highest BCUT2D eigenvalue weighted by atomic mass is 35.5. The van der Waals surface area contributed by atoms with Crippen molar-refractivity contribution in [3.63, 3.8) is 0 Å². The summed E-state index contributed by atoms with van der Waals surface area (Å²) in [6.07, 6.45) is 8.80. The van der Waals surface area contributed by atoms with E-state index in [1.807, 2.05) is 24.8 Å². The third kappa shape index (κ3) is 4.82. The summed E-state index contributed by atoms with van der Waals surface area (Å²) in [6.45, 7) is 6.37. The SMILES string of the molecule is CCN1C=CN(C(=O)N2C=CN(CCCN(C)C)C2)C1.Cl. The van der Waals surface area contributed by atoms with Crippen LogP contribution < -0.4 is 0 Å². The first-order chi connectivity index (χ1) is 9.60. The van der Waals surface area contributed by atoms with Crippen LogP contribution in [0.15, 0.2) is 24.8 Å². The van der Waals surface area contributed by atoms with Crippen molar-refractivity contribution in [3.8, 4) is 0 Å². The quantitative estimate of drug-likeness (QED) is 0.771. The summed E-state index contributed by atoms with van der Waals surface area (Å²) in [5.41, 5.74) is 0. The van der Waals surface area contributed by atoms with Crippen molar-refractivity contribution in [2.45, 2.75) is 13.3 Å². The molecule has 6 nitrogen and oxygen atoms in total. The van der Waals surface area contributed by atoms with Gasteiger partial charge >= 0.3 is 6.03 Å². The highest BCUT2D eigenvalue weighted by molar-refractivity contribution is 5.85. The summed E-state index contributed by atoms with van der Waals surface area (Å²) in [6, 6.07) is 0.0450. The Kier molecular flexibility index (Phi) is 6.84. The van der Waals surface area contributed by atoms with Crippen molar-refractivity contribution in [1.29, 1.82) is 0 Å². The molecule has 0 radical (unpaired) electrons. The van der Waals surface area contributed by atoms with Gasteiger partial charge in [-0.1, -0.05) is 0 Å². The first kappa shape index (κ1) is 17.7. The van der Waals surface area contributed by atoms with E-state index in [1.54, 1.807) is 9.80 Å². The molecule has 0 saturated heterocycles. The third-order valence-electron chi connectivity index (χ3n) is 3.53. The van der Waals surface area contributed by atoms with Gasteiger partial charge in [0.25, 0.3) is 0 Å². The minimum absolute atomic E-state index is 0. The topological polar surface area (TPSA) is 33.3 Å². The van der Waals surface area contributed by atoms with Crippen molar-refractivity contribution >= 4 is 18.4 Å². The molecule has 21 heavy (non-hydrogen) atoms. The fraction of sp³-hybridized carbons (Fsp3) is 0.643. The number of rotatable bonds is 5. The molecule has 2 aliphatic heterocycles. The van der Waals surface area contributed by atoms with Crippen LogP contribution in [0.5, 0.6) is 0 Å². The summed E-state index contributed by atoms with van der Waals surface area (Å²) < 4.78 is 0. The standard InChI is InChI=1S/C14H25N5O.ClH/c1-4-16-8-10-18(12-16)14(20)19-11-9-17(13-19)7-5-6-15(2)3;/h8-11H,4-7,12-13H2,1-3H3;1H. The largest absolute Gasteiger partial charge is 0.358 e. The van der Waals surface area contributed by atoms with Crippen molar-refractivity contribution < 1.29 is 4.79 Å². The van der Waals surface area contributed by atoms with Crippen LogP contribution in [0, 0.1) is 0 Å². The Bertz CT molecular complexity index is 399. The number of carbonyl (C=O) groups excluding carboxylic acids is 1. The molecule has 2 rings (SSSR count). The number of urea groups is 1. The van der Waals surface area contributed by atoms with Crippen molar-refractivity contribution in [3.05, 3.63) is 24.8 Å². The summed E-state index contributed by atoms with van der Waals surface area (Å²) in [5, 5.41) is 0. The van der Waals surface area contributed by atoms with Gasteiger partial charge in [-0.2, -0.15) is 0 Å². The van der Waals surface area contributed by atoms with Gasteiger partial charge < -0.3 is 14.7 Å². The molecule has 7 heteroatoms. The Balaban J connectivity index is 0.00000220. The second kappa shape index (κ2) is 8.14. The monoisotopic (exact) mass is 315 g/mol. The van der Waals surface area contributed by atoms with Crippen LogP contribution in [0.3, 0.4) is 0 Å². The Labute approximate surface area is 133 Å². The van der Waals surface area contributed by atoms with E-state index in [2.05, 4.69) is 35.7 Å².